The summed E-state index contributed by atoms with van der Waals surface area (Å²) < 4.78 is 9.78. The van der Waals surface area contributed by atoms with Crippen LogP contribution in [-0.2, 0) is 4.74 Å². The molecule has 1 aromatic rings. The molecule has 0 aromatic carbocycles. The third-order valence-electron chi connectivity index (χ3n) is 1.33. The second kappa shape index (κ2) is 4.11. The van der Waals surface area contributed by atoms with Gasteiger partial charge in [0.05, 0.1) is 13.7 Å². The van der Waals surface area contributed by atoms with E-state index in [1.807, 2.05) is 6.92 Å². The Hall–Kier alpha value is -1.03. The van der Waals surface area contributed by atoms with Gasteiger partial charge in [0.25, 0.3) is 0 Å². The first-order valence-electron chi connectivity index (χ1n) is 3.57. The van der Waals surface area contributed by atoms with Crippen LogP contribution in [0.4, 0.5) is 0 Å². The topological polar surface area (TPSA) is 35.5 Å². The lowest BCUT2D eigenvalue weighted by molar-refractivity contribution is 0.0597. The van der Waals surface area contributed by atoms with Crippen LogP contribution in [-0.4, -0.2) is 19.7 Å². The summed E-state index contributed by atoms with van der Waals surface area (Å²) in [5, 5.41) is 3.51. The zero-order valence-electron chi connectivity index (χ0n) is 6.99. The van der Waals surface area contributed by atoms with Crippen molar-refractivity contribution in [3.63, 3.8) is 0 Å². The quantitative estimate of drug-likeness (QED) is 0.677. The average molecular weight is 186 g/mol. The van der Waals surface area contributed by atoms with Gasteiger partial charge in [-0.05, 0) is 6.92 Å². The Bertz CT molecular complexity index is 267. The summed E-state index contributed by atoms with van der Waals surface area (Å²) in [6.07, 6.45) is 0. The number of thiophene rings is 1. The van der Waals surface area contributed by atoms with E-state index in [-0.39, 0.29) is 5.97 Å². The second-order valence-corrected chi connectivity index (χ2v) is 2.82. The Morgan fingerprint density at radius 1 is 1.58 bits per heavy atom. The van der Waals surface area contributed by atoms with Crippen LogP contribution in [0.3, 0.4) is 0 Å². The average Bonchev–Trinajstić information content (AvgIpc) is 2.52. The summed E-state index contributed by atoms with van der Waals surface area (Å²) in [5.41, 5.74) is 0.504. The SMILES string of the molecule is CCOc1cscc1C(=O)OC. The summed E-state index contributed by atoms with van der Waals surface area (Å²) in [4.78, 5) is 11.1. The van der Waals surface area contributed by atoms with Gasteiger partial charge >= 0.3 is 5.97 Å². The Kier molecular flexibility index (Phi) is 3.10. The molecule has 0 fully saturated rings. The minimum Gasteiger partial charge on any atom is -0.492 e. The smallest absolute Gasteiger partial charge is 0.342 e. The van der Waals surface area contributed by atoms with Gasteiger partial charge in [-0.25, -0.2) is 4.79 Å². The molecule has 0 amide bonds. The van der Waals surface area contributed by atoms with Crippen molar-refractivity contribution < 1.29 is 14.3 Å². The van der Waals surface area contributed by atoms with Gasteiger partial charge in [-0.3, -0.25) is 0 Å². The highest BCUT2D eigenvalue weighted by Gasteiger charge is 2.12. The van der Waals surface area contributed by atoms with Gasteiger partial charge in [-0.1, -0.05) is 0 Å². The minimum absolute atomic E-state index is 0.347. The van der Waals surface area contributed by atoms with E-state index in [1.54, 1.807) is 10.8 Å². The van der Waals surface area contributed by atoms with Crippen molar-refractivity contribution in [3.8, 4) is 5.75 Å². The monoisotopic (exact) mass is 186 g/mol. The van der Waals surface area contributed by atoms with Gasteiger partial charge in [0.1, 0.15) is 11.3 Å². The number of methoxy groups -OCH3 is 1. The molecule has 0 saturated carbocycles. The molecule has 0 aliphatic carbocycles. The summed E-state index contributed by atoms with van der Waals surface area (Å²) in [5.74, 6) is 0.258. The van der Waals surface area contributed by atoms with Gasteiger partial charge in [-0.15, -0.1) is 11.3 Å². The van der Waals surface area contributed by atoms with Crippen molar-refractivity contribution >= 4 is 17.3 Å². The first kappa shape index (κ1) is 9.06. The summed E-state index contributed by atoms with van der Waals surface area (Å²) in [6.45, 7) is 2.43. The molecule has 1 rings (SSSR count). The summed E-state index contributed by atoms with van der Waals surface area (Å²) in [6, 6.07) is 0. The fourth-order valence-electron chi connectivity index (χ4n) is 0.811. The van der Waals surface area contributed by atoms with E-state index < -0.39 is 0 Å². The number of esters is 1. The van der Waals surface area contributed by atoms with E-state index >= 15 is 0 Å². The molecule has 3 nitrogen and oxygen atoms in total. The van der Waals surface area contributed by atoms with E-state index in [0.717, 1.165) is 0 Å². The van der Waals surface area contributed by atoms with Crippen molar-refractivity contribution in [3.05, 3.63) is 16.3 Å². The highest BCUT2D eigenvalue weighted by molar-refractivity contribution is 7.08. The third kappa shape index (κ3) is 1.76. The van der Waals surface area contributed by atoms with Gasteiger partial charge < -0.3 is 9.47 Å². The fourth-order valence-corrected chi connectivity index (χ4v) is 1.55. The number of hydrogen-bond acceptors (Lipinski definition) is 4. The van der Waals surface area contributed by atoms with Crippen LogP contribution in [0, 0.1) is 0 Å². The number of rotatable bonds is 3. The molecule has 0 atom stereocenters. The van der Waals surface area contributed by atoms with Crippen molar-refractivity contribution in [2.24, 2.45) is 0 Å². The first-order valence-corrected chi connectivity index (χ1v) is 4.51. The highest BCUT2D eigenvalue weighted by atomic mass is 32.1. The van der Waals surface area contributed by atoms with E-state index in [0.29, 0.717) is 17.9 Å². The van der Waals surface area contributed by atoms with Crippen LogP contribution in [0.25, 0.3) is 0 Å². The molecule has 0 unspecified atom stereocenters. The Morgan fingerprint density at radius 2 is 2.33 bits per heavy atom. The number of carbonyl (C=O) groups excluding carboxylic acids is 1. The Balaban J connectivity index is 2.83. The Labute approximate surface area is 74.9 Å². The van der Waals surface area contributed by atoms with Crippen molar-refractivity contribution in [1.29, 1.82) is 0 Å². The second-order valence-electron chi connectivity index (χ2n) is 2.07. The zero-order valence-corrected chi connectivity index (χ0v) is 7.81. The van der Waals surface area contributed by atoms with Crippen LogP contribution in [0.1, 0.15) is 17.3 Å². The molecule has 0 N–H and O–H groups in total. The summed E-state index contributed by atoms with van der Waals surface area (Å²) >= 11 is 1.42. The molecule has 1 heterocycles. The molecular weight excluding hydrogens is 176 g/mol. The molecule has 4 heteroatoms. The first-order chi connectivity index (χ1) is 5.79. The predicted octanol–water partition coefficient (Wildman–Crippen LogP) is 1.93. The lowest BCUT2D eigenvalue weighted by atomic mass is 10.3. The van der Waals surface area contributed by atoms with Crippen LogP contribution in [0.2, 0.25) is 0 Å². The fraction of sp³-hybridized carbons (Fsp3) is 0.375. The lowest BCUT2D eigenvalue weighted by Gasteiger charge is -2.01. The van der Waals surface area contributed by atoms with E-state index in [4.69, 9.17) is 4.74 Å². The van der Waals surface area contributed by atoms with Crippen LogP contribution < -0.4 is 4.74 Å². The third-order valence-corrected chi connectivity index (χ3v) is 2.05. The van der Waals surface area contributed by atoms with Crippen molar-refractivity contribution in [1.82, 2.24) is 0 Å². The van der Waals surface area contributed by atoms with E-state index in [1.165, 1.54) is 18.4 Å². The highest BCUT2D eigenvalue weighted by Crippen LogP contribution is 2.23. The molecule has 0 spiro atoms. The van der Waals surface area contributed by atoms with Gasteiger partial charge in [0, 0.05) is 10.8 Å². The van der Waals surface area contributed by atoms with E-state index in [2.05, 4.69) is 4.74 Å². The Morgan fingerprint density at radius 3 is 2.92 bits per heavy atom. The molecule has 0 radical (unpaired) electrons. The van der Waals surface area contributed by atoms with E-state index in [9.17, 15) is 4.79 Å². The maximum absolute atomic E-state index is 11.1. The molecule has 12 heavy (non-hydrogen) atoms. The van der Waals surface area contributed by atoms with Gasteiger partial charge in [-0.2, -0.15) is 0 Å². The van der Waals surface area contributed by atoms with Crippen molar-refractivity contribution in [2.75, 3.05) is 13.7 Å². The number of ether oxygens (including phenoxy) is 2. The molecule has 0 bridgehead atoms. The maximum atomic E-state index is 11.1. The zero-order chi connectivity index (χ0) is 8.97. The molecule has 66 valence electrons. The lowest BCUT2D eigenvalue weighted by Crippen LogP contribution is -2.02. The van der Waals surface area contributed by atoms with Gasteiger partial charge in [0.15, 0.2) is 0 Å². The standard InChI is InChI=1S/C8H10O3S/c1-3-11-7-5-12-4-6(7)8(9)10-2/h4-5H,3H2,1-2H3. The maximum Gasteiger partial charge on any atom is 0.342 e. The predicted molar refractivity (Wildman–Crippen MR) is 46.8 cm³/mol. The molecule has 1 aromatic heterocycles. The summed E-state index contributed by atoms with van der Waals surface area (Å²) in [7, 11) is 1.36. The minimum atomic E-state index is -0.347. The molecule has 0 saturated heterocycles. The largest absolute Gasteiger partial charge is 0.492 e. The van der Waals surface area contributed by atoms with Crippen LogP contribution in [0.15, 0.2) is 10.8 Å². The molecule has 0 aliphatic heterocycles. The normalized spacial score (nSPS) is 9.50. The molecule has 0 aliphatic rings. The van der Waals surface area contributed by atoms with Crippen LogP contribution >= 0.6 is 11.3 Å². The number of carbonyl (C=O) groups is 1. The van der Waals surface area contributed by atoms with Crippen LogP contribution in [0.5, 0.6) is 5.75 Å². The van der Waals surface area contributed by atoms with Crippen molar-refractivity contribution in [2.45, 2.75) is 6.92 Å². The molecular formula is C8H10O3S. The van der Waals surface area contributed by atoms with Gasteiger partial charge in [0.2, 0.25) is 0 Å². The number of hydrogen-bond donors (Lipinski definition) is 0.